The summed E-state index contributed by atoms with van der Waals surface area (Å²) in [5.41, 5.74) is 4.06. The first-order valence-electron chi connectivity index (χ1n) is 7.00. The predicted molar refractivity (Wildman–Crippen MR) is 86.1 cm³/mol. The Morgan fingerprint density at radius 2 is 1.55 bits per heavy atom. The summed E-state index contributed by atoms with van der Waals surface area (Å²) in [5.74, 6) is 0.700. The maximum absolute atomic E-state index is 9.44. The average Bonchev–Trinajstić information content (AvgIpc) is 2.59. The number of hydrogen-bond donors (Lipinski definition) is 3. The van der Waals surface area contributed by atoms with E-state index in [-0.39, 0.29) is 19.8 Å². The summed E-state index contributed by atoms with van der Waals surface area (Å²) in [6.07, 6.45) is 3.78. The monoisotopic (exact) mass is 300 g/mol. The van der Waals surface area contributed by atoms with Gasteiger partial charge in [0.1, 0.15) is 5.75 Å². The molecule has 0 heterocycles. The SMILES string of the molecule is COc1ccc(/C=C/c2cc(CO)cc(CO)c2)c(CO)c1. The molecule has 0 amide bonds. The first-order valence-corrected chi connectivity index (χ1v) is 7.00. The second kappa shape index (κ2) is 7.75. The van der Waals surface area contributed by atoms with Gasteiger partial charge in [0.15, 0.2) is 0 Å². The average molecular weight is 300 g/mol. The number of benzene rings is 2. The number of aliphatic hydroxyl groups is 3. The van der Waals surface area contributed by atoms with Crippen LogP contribution in [0.5, 0.6) is 5.75 Å². The zero-order chi connectivity index (χ0) is 15.9. The van der Waals surface area contributed by atoms with Gasteiger partial charge < -0.3 is 20.1 Å². The Labute approximate surface area is 129 Å². The first-order chi connectivity index (χ1) is 10.7. The van der Waals surface area contributed by atoms with Crippen molar-refractivity contribution in [2.24, 2.45) is 0 Å². The second-order valence-corrected chi connectivity index (χ2v) is 4.96. The van der Waals surface area contributed by atoms with Gasteiger partial charge in [0, 0.05) is 0 Å². The zero-order valence-electron chi connectivity index (χ0n) is 12.5. The third kappa shape index (κ3) is 3.95. The Morgan fingerprint density at radius 1 is 0.864 bits per heavy atom. The fraction of sp³-hybridized carbons (Fsp3) is 0.222. The summed E-state index contributed by atoms with van der Waals surface area (Å²) in [6.45, 7) is -0.215. The Hall–Kier alpha value is -2.14. The van der Waals surface area contributed by atoms with Gasteiger partial charge in [-0.15, -0.1) is 0 Å². The molecule has 2 aromatic rings. The number of hydrogen-bond acceptors (Lipinski definition) is 4. The van der Waals surface area contributed by atoms with E-state index in [1.165, 1.54) is 0 Å². The number of rotatable bonds is 6. The molecule has 4 heteroatoms. The van der Waals surface area contributed by atoms with Crippen molar-refractivity contribution in [2.75, 3.05) is 7.11 Å². The lowest BCUT2D eigenvalue weighted by Gasteiger charge is -2.07. The van der Waals surface area contributed by atoms with Crippen molar-refractivity contribution in [3.05, 3.63) is 64.2 Å². The molecule has 0 fully saturated rings. The molecule has 2 rings (SSSR count). The summed E-state index contributed by atoms with van der Waals surface area (Å²) in [5, 5.41) is 28.0. The van der Waals surface area contributed by atoms with Crippen LogP contribution in [-0.2, 0) is 19.8 Å². The zero-order valence-corrected chi connectivity index (χ0v) is 12.5. The summed E-state index contributed by atoms with van der Waals surface area (Å²) >= 11 is 0. The molecular formula is C18H20O4. The minimum absolute atomic E-state index is 0.0703. The van der Waals surface area contributed by atoms with Crippen LogP contribution in [0.4, 0.5) is 0 Å². The van der Waals surface area contributed by atoms with Crippen LogP contribution in [0.25, 0.3) is 12.2 Å². The Morgan fingerprint density at radius 3 is 2.09 bits per heavy atom. The van der Waals surface area contributed by atoms with E-state index < -0.39 is 0 Å². The van der Waals surface area contributed by atoms with Gasteiger partial charge in [-0.1, -0.05) is 24.3 Å². The third-order valence-corrected chi connectivity index (χ3v) is 3.42. The standard InChI is InChI=1S/C18H20O4/c1-22-18-5-4-16(17(9-18)12-21)3-2-13-6-14(10-19)8-15(7-13)11-20/h2-9,19-21H,10-12H2,1H3/b3-2+. The smallest absolute Gasteiger partial charge is 0.119 e. The minimum atomic E-state index is -0.0740. The van der Waals surface area contributed by atoms with E-state index in [1.54, 1.807) is 19.2 Å². The van der Waals surface area contributed by atoms with Gasteiger partial charge in [0.25, 0.3) is 0 Å². The molecule has 22 heavy (non-hydrogen) atoms. The van der Waals surface area contributed by atoms with Gasteiger partial charge in [-0.05, 0) is 52.1 Å². The van der Waals surface area contributed by atoms with Crippen molar-refractivity contribution in [1.29, 1.82) is 0 Å². The number of aliphatic hydroxyl groups excluding tert-OH is 3. The van der Waals surface area contributed by atoms with Crippen molar-refractivity contribution in [1.82, 2.24) is 0 Å². The molecule has 0 spiro atoms. The Bertz CT molecular complexity index is 640. The topological polar surface area (TPSA) is 69.9 Å². The van der Waals surface area contributed by atoms with Gasteiger partial charge in [0.05, 0.1) is 26.9 Å². The third-order valence-electron chi connectivity index (χ3n) is 3.42. The van der Waals surface area contributed by atoms with Crippen molar-refractivity contribution in [3.63, 3.8) is 0 Å². The van der Waals surface area contributed by atoms with Crippen LogP contribution in [-0.4, -0.2) is 22.4 Å². The molecule has 2 aromatic carbocycles. The van der Waals surface area contributed by atoms with E-state index in [4.69, 9.17) is 4.74 Å². The molecule has 3 N–H and O–H groups in total. The molecule has 0 atom stereocenters. The maximum Gasteiger partial charge on any atom is 0.119 e. The molecule has 116 valence electrons. The molecule has 4 nitrogen and oxygen atoms in total. The summed E-state index contributed by atoms with van der Waals surface area (Å²) in [7, 11) is 1.59. The predicted octanol–water partition coefficient (Wildman–Crippen LogP) is 2.34. The Balaban J connectivity index is 2.32. The molecule has 0 radical (unpaired) electrons. The van der Waals surface area contributed by atoms with Crippen LogP contribution in [0.2, 0.25) is 0 Å². The lowest BCUT2D eigenvalue weighted by Crippen LogP contribution is -1.92. The van der Waals surface area contributed by atoms with E-state index in [1.807, 2.05) is 36.4 Å². The van der Waals surface area contributed by atoms with Gasteiger partial charge in [-0.2, -0.15) is 0 Å². The lowest BCUT2D eigenvalue weighted by atomic mass is 10.0. The normalized spacial score (nSPS) is 11.1. The van der Waals surface area contributed by atoms with Crippen molar-refractivity contribution < 1.29 is 20.1 Å². The molecule has 0 aliphatic rings. The van der Waals surface area contributed by atoms with Gasteiger partial charge in [0.2, 0.25) is 0 Å². The highest BCUT2D eigenvalue weighted by Gasteiger charge is 2.02. The second-order valence-electron chi connectivity index (χ2n) is 4.96. The summed E-state index contributed by atoms with van der Waals surface area (Å²) < 4.78 is 5.14. The van der Waals surface area contributed by atoms with E-state index in [9.17, 15) is 15.3 Å². The van der Waals surface area contributed by atoms with Gasteiger partial charge in [-0.25, -0.2) is 0 Å². The highest BCUT2D eigenvalue weighted by atomic mass is 16.5. The maximum atomic E-state index is 9.44. The molecule has 0 aliphatic heterocycles. The summed E-state index contributed by atoms with van der Waals surface area (Å²) in [4.78, 5) is 0. The lowest BCUT2D eigenvalue weighted by molar-refractivity contribution is 0.275. The van der Waals surface area contributed by atoms with Crippen molar-refractivity contribution in [2.45, 2.75) is 19.8 Å². The van der Waals surface area contributed by atoms with Crippen LogP contribution in [0, 0.1) is 0 Å². The van der Waals surface area contributed by atoms with Gasteiger partial charge >= 0.3 is 0 Å². The number of methoxy groups -OCH3 is 1. The summed E-state index contributed by atoms with van der Waals surface area (Å²) in [6, 6.07) is 11.0. The largest absolute Gasteiger partial charge is 0.497 e. The fourth-order valence-electron chi connectivity index (χ4n) is 2.26. The molecule has 0 saturated carbocycles. The van der Waals surface area contributed by atoms with Crippen molar-refractivity contribution >= 4 is 12.2 Å². The molecule has 0 aliphatic carbocycles. The van der Waals surface area contributed by atoms with Gasteiger partial charge in [-0.3, -0.25) is 0 Å². The molecule has 0 saturated heterocycles. The van der Waals surface area contributed by atoms with Crippen molar-refractivity contribution in [3.8, 4) is 5.75 Å². The minimum Gasteiger partial charge on any atom is -0.497 e. The molecule has 0 unspecified atom stereocenters. The molecule has 0 aromatic heterocycles. The molecule has 0 bridgehead atoms. The van der Waals surface area contributed by atoms with E-state index in [2.05, 4.69) is 0 Å². The first kappa shape index (κ1) is 16.2. The van der Waals surface area contributed by atoms with Crippen LogP contribution in [0.3, 0.4) is 0 Å². The highest BCUT2D eigenvalue weighted by Crippen LogP contribution is 2.21. The van der Waals surface area contributed by atoms with Crippen LogP contribution < -0.4 is 4.74 Å². The van der Waals surface area contributed by atoms with Crippen LogP contribution in [0.1, 0.15) is 27.8 Å². The quantitative estimate of drug-likeness (QED) is 0.716. The van der Waals surface area contributed by atoms with Crippen LogP contribution >= 0.6 is 0 Å². The van der Waals surface area contributed by atoms with Crippen LogP contribution in [0.15, 0.2) is 36.4 Å². The Kier molecular flexibility index (Phi) is 5.72. The van der Waals surface area contributed by atoms with E-state index >= 15 is 0 Å². The molecular weight excluding hydrogens is 280 g/mol. The highest BCUT2D eigenvalue weighted by molar-refractivity contribution is 5.72. The fourth-order valence-corrected chi connectivity index (χ4v) is 2.26. The van der Waals surface area contributed by atoms with E-state index in [0.717, 1.165) is 27.8 Å². The number of ether oxygens (including phenoxy) is 1. The van der Waals surface area contributed by atoms with E-state index in [0.29, 0.717) is 5.75 Å².